The van der Waals surface area contributed by atoms with Gasteiger partial charge >= 0.3 is 0 Å². The van der Waals surface area contributed by atoms with Crippen molar-refractivity contribution in [3.05, 3.63) is 47.0 Å². The Bertz CT molecular complexity index is 1100. The molecule has 3 N–H and O–H groups in total. The number of carbonyl (C=O) groups is 1. The highest BCUT2D eigenvalue weighted by atomic mass is 32.2. The van der Waals surface area contributed by atoms with Crippen molar-refractivity contribution < 1.29 is 27.5 Å². The Morgan fingerprint density at radius 1 is 1.21 bits per heavy atom. The predicted molar refractivity (Wildman–Crippen MR) is 107 cm³/mol. The maximum Gasteiger partial charge on any atom is 0.265 e. The maximum atomic E-state index is 12.2. The fraction of sp³-hybridized carbons (Fsp3) is 0.263. The molecule has 0 saturated carbocycles. The van der Waals surface area contributed by atoms with E-state index in [-0.39, 0.29) is 18.3 Å². The van der Waals surface area contributed by atoms with E-state index in [1.165, 1.54) is 12.1 Å². The van der Waals surface area contributed by atoms with Crippen LogP contribution in [0, 0.1) is 13.8 Å². The summed E-state index contributed by atoms with van der Waals surface area (Å²) in [5.41, 5.74) is 3.08. The van der Waals surface area contributed by atoms with Crippen LogP contribution in [-0.4, -0.2) is 33.4 Å². The van der Waals surface area contributed by atoms with Crippen LogP contribution in [0.25, 0.3) is 0 Å². The Morgan fingerprint density at radius 3 is 2.66 bits per heavy atom. The molecule has 0 radical (unpaired) electrons. The lowest BCUT2D eigenvalue weighted by Crippen LogP contribution is -2.19. The van der Waals surface area contributed by atoms with Crippen LogP contribution in [0.15, 0.2) is 40.4 Å². The van der Waals surface area contributed by atoms with Crippen LogP contribution in [-0.2, 0) is 19.7 Å². The van der Waals surface area contributed by atoms with E-state index in [0.29, 0.717) is 28.5 Å². The third kappa shape index (κ3) is 4.84. The molecule has 2 aromatic rings. The summed E-state index contributed by atoms with van der Waals surface area (Å²) in [6, 6.07) is 8.12. The maximum absolute atomic E-state index is 12.2. The molecule has 0 fully saturated rings. The topological polar surface area (TPSA) is 129 Å². The Balaban J connectivity index is 1.64. The van der Waals surface area contributed by atoms with Crippen LogP contribution < -0.4 is 19.9 Å². The monoisotopic (exact) mass is 419 g/mol. The van der Waals surface area contributed by atoms with Crippen molar-refractivity contribution >= 4 is 27.3 Å². The van der Waals surface area contributed by atoms with Crippen LogP contribution >= 0.6 is 0 Å². The molecule has 0 bridgehead atoms. The molecule has 3 rings (SSSR count). The molecule has 10 heteroatoms. The van der Waals surface area contributed by atoms with Gasteiger partial charge in [-0.2, -0.15) is 0 Å². The number of hydrogen-bond donors (Lipinski definition) is 2. The lowest BCUT2D eigenvalue weighted by Gasteiger charge is -2.12. The molecule has 1 amide bonds. The van der Waals surface area contributed by atoms with Crippen LogP contribution in [0.4, 0.5) is 5.69 Å². The lowest BCUT2D eigenvalue weighted by molar-refractivity contribution is -0.120. The second-order valence-corrected chi connectivity index (χ2v) is 8.09. The van der Waals surface area contributed by atoms with E-state index in [1.54, 1.807) is 39.0 Å². The number of nitrogens with one attached hydrogen (secondary N) is 1. The predicted octanol–water partition coefficient (Wildman–Crippen LogP) is 2.06. The molecule has 2 aromatic carbocycles. The molecule has 0 aliphatic carbocycles. The van der Waals surface area contributed by atoms with Crippen molar-refractivity contribution in [3.63, 3.8) is 0 Å². The van der Waals surface area contributed by atoms with Gasteiger partial charge in [-0.15, -0.1) is 0 Å². The Hall–Kier alpha value is -3.11. The summed E-state index contributed by atoms with van der Waals surface area (Å²) in [4.78, 5) is 17.2. The average molecular weight is 419 g/mol. The number of rotatable bonds is 6. The summed E-state index contributed by atoms with van der Waals surface area (Å²) in [5.74, 6) is 0.797. The highest BCUT2D eigenvalue weighted by Gasteiger charge is 2.16. The highest BCUT2D eigenvalue weighted by Crippen LogP contribution is 2.32. The number of aryl methyl sites for hydroxylation is 1. The SMILES string of the molecule is C/C(=N/OCC(=O)Nc1cc(S(N)(=O)=O)cc(C)c1C)c1ccc2c(c1)OCO2. The molecule has 0 aromatic heterocycles. The van der Waals surface area contributed by atoms with Gasteiger partial charge in [0.15, 0.2) is 18.1 Å². The molecule has 0 atom stereocenters. The van der Waals surface area contributed by atoms with Gasteiger partial charge in [-0.3, -0.25) is 4.79 Å². The molecule has 0 unspecified atom stereocenters. The fourth-order valence-electron chi connectivity index (χ4n) is 2.67. The van der Waals surface area contributed by atoms with Crippen molar-refractivity contribution in [1.82, 2.24) is 0 Å². The number of amides is 1. The number of primary sulfonamides is 1. The summed E-state index contributed by atoms with van der Waals surface area (Å²) in [6.07, 6.45) is 0. The standard InChI is InChI=1S/C19H21N3O6S/c1-11-6-15(29(20,24)25)8-16(12(11)2)21-19(23)9-28-22-13(3)14-4-5-17-18(7-14)27-10-26-17/h4-8H,9-10H2,1-3H3,(H,21,23)(H2,20,24,25)/b22-13-. The number of oxime groups is 1. The zero-order valence-electron chi connectivity index (χ0n) is 16.2. The first-order chi connectivity index (χ1) is 13.6. The number of nitrogens with zero attached hydrogens (tertiary/aromatic N) is 1. The summed E-state index contributed by atoms with van der Waals surface area (Å²) in [7, 11) is -3.89. The number of anilines is 1. The normalized spacial score (nSPS) is 13.3. The number of fused-ring (bicyclic) bond motifs is 1. The molecule has 0 spiro atoms. The second-order valence-electron chi connectivity index (χ2n) is 6.52. The van der Waals surface area contributed by atoms with Crippen molar-refractivity contribution in [2.45, 2.75) is 25.7 Å². The molecular weight excluding hydrogens is 398 g/mol. The van der Waals surface area contributed by atoms with Crippen LogP contribution in [0.5, 0.6) is 11.5 Å². The van der Waals surface area contributed by atoms with Crippen molar-refractivity contribution in [2.24, 2.45) is 10.3 Å². The van der Waals surface area contributed by atoms with Gasteiger partial charge in [0, 0.05) is 11.3 Å². The van der Waals surface area contributed by atoms with Gasteiger partial charge in [0.1, 0.15) is 0 Å². The van der Waals surface area contributed by atoms with E-state index in [4.69, 9.17) is 19.5 Å². The van der Waals surface area contributed by atoms with E-state index < -0.39 is 15.9 Å². The smallest absolute Gasteiger partial charge is 0.265 e. The quantitative estimate of drug-likeness (QED) is 0.545. The zero-order chi connectivity index (χ0) is 21.2. The molecule has 9 nitrogen and oxygen atoms in total. The summed E-state index contributed by atoms with van der Waals surface area (Å²) in [6.45, 7) is 5.06. The number of sulfonamides is 1. The second kappa shape index (κ2) is 8.10. The molecular formula is C19H21N3O6S. The van der Waals surface area contributed by atoms with Crippen LogP contribution in [0.1, 0.15) is 23.6 Å². The zero-order valence-corrected chi connectivity index (χ0v) is 17.0. The first-order valence-corrected chi connectivity index (χ1v) is 10.2. The Kier molecular flexibility index (Phi) is 5.76. The Morgan fingerprint density at radius 2 is 1.93 bits per heavy atom. The summed E-state index contributed by atoms with van der Waals surface area (Å²) >= 11 is 0. The summed E-state index contributed by atoms with van der Waals surface area (Å²) in [5, 5.41) is 11.7. The van der Waals surface area contributed by atoms with E-state index in [1.807, 2.05) is 0 Å². The highest BCUT2D eigenvalue weighted by molar-refractivity contribution is 7.89. The van der Waals surface area contributed by atoms with Gasteiger partial charge in [-0.1, -0.05) is 5.16 Å². The lowest BCUT2D eigenvalue weighted by atomic mass is 10.1. The first kappa shape index (κ1) is 20.6. The average Bonchev–Trinajstić information content (AvgIpc) is 3.12. The van der Waals surface area contributed by atoms with Crippen LogP contribution in [0.2, 0.25) is 0 Å². The third-order valence-corrected chi connectivity index (χ3v) is 5.32. The number of ether oxygens (including phenoxy) is 2. The molecule has 1 heterocycles. The first-order valence-electron chi connectivity index (χ1n) is 8.65. The van der Waals surface area contributed by atoms with Crippen molar-refractivity contribution in [1.29, 1.82) is 0 Å². The van der Waals surface area contributed by atoms with Gasteiger partial charge in [-0.25, -0.2) is 13.6 Å². The minimum Gasteiger partial charge on any atom is -0.454 e. The molecule has 0 saturated heterocycles. The molecule has 154 valence electrons. The van der Waals surface area contributed by atoms with E-state index >= 15 is 0 Å². The Labute approximate surface area is 168 Å². The van der Waals surface area contributed by atoms with Crippen LogP contribution in [0.3, 0.4) is 0 Å². The summed E-state index contributed by atoms with van der Waals surface area (Å²) < 4.78 is 33.8. The minimum atomic E-state index is -3.89. The largest absolute Gasteiger partial charge is 0.454 e. The van der Waals surface area contributed by atoms with Gasteiger partial charge in [0.05, 0.1) is 10.6 Å². The molecule has 1 aliphatic heterocycles. The number of hydrogen-bond acceptors (Lipinski definition) is 7. The van der Waals surface area contributed by atoms with E-state index in [2.05, 4.69) is 10.5 Å². The van der Waals surface area contributed by atoms with Crippen molar-refractivity contribution in [2.75, 3.05) is 18.7 Å². The minimum absolute atomic E-state index is 0.0755. The third-order valence-electron chi connectivity index (χ3n) is 4.43. The van der Waals surface area contributed by atoms with E-state index in [9.17, 15) is 13.2 Å². The van der Waals surface area contributed by atoms with Gasteiger partial charge < -0.3 is 19.6 Å². The fourth-order valence-corrected chi connectivity index (χ4v) is 3.29. The van der Waals surface area contributed by atoms with Gasteiger partial charge in [0.2, 0.25) is 16.8 Å². The molecule has 1 aliphatic rings. The number of benzene rings is 2. The van der Waals surface area contributed by atoms with Gasteiger partial charge in [0.25, 0.3) is 5.91 Å². The van der Waals surface area contributed by atoms with Crippen molar-refractivity contribution in [3.8, 4) is 11.5 Å². The molecule has 29 heavy (non-hydrogen) atoms. The van der Waals surface area contributed by atoms with E-state index in [0.717, 1.165) is 11.1 Å². The number of carbonyl (C=O) groups excluding carboxylic acids is 1. The van der Waals surface area contributed by atoms with Gasteiger partial charge in [-0.05, 0) is 62.2 Å². The number of nitrogens with two attached hydrogens (primary N) is 1.